The van der Waals surface area contributed by atoms with Crippen LogP contribution in [0.3, 0.4) is 0 Å². The molecule has 0 bridgehead atoms. The molecule has 0 spiro atoms. The molecule has 0 aromatic carbocycles. The lowest BCUT2D eigenvalue weighted by atomic mass is 10.3. The normalized spacial score (nSPS) is 16.8. The molecule has 2 amide bonds. The van der Waals surface area contributed by atoms with Gasteiger partial charge < -0.3 is 20.1 Å². The zero-order valence-corrected chi connectivity index (χ0v) is 11.6. The monoisotopic (exact) mass is 290 g/mol. The number of thioether (sulfide) groups is 1. The smallest absolute Gasteiger partial charge is 0.325 e. The fraction of sp³-hybridized carbons (Fsp3) is 0.727. The van der Waals surface area contributed by atoms with Crippen molar-refractivity contribution in [1.29, 1.82) is 0 Å². The van der Waals surface area contributed by atoms with Crippen LogP contribution in [0.4, 0.5) is 0 Å². The van der Waals surface area contributed by atoms with Gasteiger partial charge in [0.05, 0.1) is 24.7 Å². The van der Waals surface area contributed by atoms with Crippen molar-refractivity contribution in [2.75, 3.05) is 37.8 Å². The number of carbonyl (C=O) groups excluding carboxylic acids is 2. The van der Waals surface area contributed by atoms with Gasteiger partial charge in [-0.3, -0.25) is 14.4 Å². The summed E-state index contributed by atoms with van der Waals surface area (Å²) in [7, 11) is 0. The van der Waals surface area contributed by atoms with Gasteiger partial charge in [0, 0.05) is 13.1 Å². The first-order valence-electron chi connectivity index (χ1n) is 5.96. The molecular weight excluding hydrogens is 272 g/mol. The van der Waals surface area contributed by atoms with Gasteiger partial charge in [-0.1, -0.05) is 0 Å². The van der Waals surface area contributed by atoms with Gasteiger partial charge in [-0.15, -0.1) is 11.8 Å². The van der Waals surface area contributed by atoms with E-state index in [4.69, 9.17) is 9.84 Å². The van der Waals surface area contributed by atoms with Crippen molar-refractivity contribution >= 4 is 29.5 Å². The van der Waals surface area contributed by atoms with Crippen LogP contribution >= 0.6 is 11.8 Å². The van der Waals surface area contributed by atoms with Gasteiger partial charge >= 0.3 is 5.97 Å². The number of hydrogen-bond acceptors (Lipinski definition) is 5. The standard InChI is InChI=1S/C11H18N2O5S/c1-8(11(16)17)12-9(14)6-19-7-10(15)13-2-4-18-5-3-13/h8H,2-7H2,1H3,(H,12,14)(H,16,17)/t8-/m0/s1. The van der Waals surface area contributed by atoms with Crippen LogP contribution in [0.2, 0.25) is 0 Å². The van der Waals surface area contributed by atoms with E-state index in [1.807, 2.05) is 0 Å². The Hall–Kier alpha value is -1.28. The molecule has 2 N–H and O–H groups in total. The van der Waals surface area contributed by atoms with Crippen LogP contribution in [0.25, 0.3) is 0 Å². The summed E-state index contributed by atoms with van der Waals surface area (Å²) in [5.74, 6) is -1.19. The molecule has 1 heterocycles. The number of rotatable bonds is 6. The fourth-order valence-corrected chi connectivity index (χ4v) is 2.21. The minimum absolute atomic E-state index is 0.0209. The minimum Gasteiger partial charge on any atom is -0.480 e. The summed E-state index contributed by atoms with van der Waals surface area (Å²) in [5.41, 5.74) is 0. The topological polar surface area (TPSA) is 95.9 Å². The van der Waals surface area contributed by atoms with Crippen LogP contribution in [-0.2, 0) is 19.1 Å². The first kappa shape index (κ1) is 15.8. The third kappa shape index (κ3) is 5.93. The van der Waals surface area contributed by atoms with E-state index in [9.17, 15) is 14.4 Å². The number of nitrogens with zero attached hydrogens (tertiary/aromatic N) is 1. The molecule has 1 aliphatic heterocycles. The van der Waals surface area contributed by atoms with E-state index in [1.54, 1.807) is 4.90 Å². The van der Waals surface area contributed by atoms with Gasteiger partial charge in [0.25, 0.3) is 0 Å². The highest BCUT2D eigenvalue weighted by atomic mass is 32.2. The van der Waals surface area contributed by atoms with E-state index in [0.717, 1.165) is 0 Å². The van der Waals surface area contributed by atoms with E-state index in [0.29, 0.717) is 26.3 Å². The van der Waals surface area contributed by atoms with Crippen molar-refractivity contribution in [3.8, 4) is 0 Å². The highest BCUT2D eigenvalue weighted by Crippen LogP contribution is 2.05. The Kier molecular flexibility index (Phi) is 6.65. The maximum atomic E-state index is 11.7. The summed E-state index contributed by atoms with van der Waals surface area (Å²) in [5, 5.41) is 10.9. The lowest BCUT2D eigenvalue weighted by Crippen LogP contribution is -2.42. The van der Waals surface area contributed by atoms with Crippen molar-refractivity contribution in [3.63, 3.8) is 0 Å². The van der Waals surface area contributed by atoms with E-state index in [1.165, 1.54) is 18.7 Å². The maximum absolute atomic E-state index is 11.7. The van der Waals surface area contributed by atoms with Crippen LogP contribution in [-0.4, -0.2) is 71.6 Å². The third-order valence-corrected chi connectivity index (χ3v) is 3.49. The fourth-order valence-electron chi connectivity index (χ4n) is 1.48. The van der Waals surface area contributed by atoms with Crippen LogP contribution in [0.5, 0.6) is 0 Å². The predicted octanol–water partition coefficient (Wildman–Crippen LogP) is -0.832. The van der Waals surface area contributed by atoms with Gasteiger partial charge in [-0.05, 0) is 6.92 Å². The Labute approximate surface area is 115 Å². The van der Waals surface area contributed by atoms with Gasteiger partial charge in [-0.2, -0.15) is 0 Å². The van der Waals surface area contributed by atoms with E-state index in [2.05, 4.69) is 5.32 Å². The summed E-state index contributed by atoms with van der Waals surface area (Å²) >= 11 is 1.18. The number of hydrogen-bond donors (Lipinski definition) is 2. The molecule has 8 heteroatoms. The second kappa shape index (κ2) is 8.00. The van der Waals surface area contributed by atoms with E-state index in [-0.39, 0.29) is 23.3 Å². The second-order valence-corrected chi connectivity index (χ2v) is 5.10. The molecule has 19 heavy (non-hydrogen) atoms. The molecule has 1 rings (SSSR count). The van der Waals surface area contributed by atoms with Gasteiger partial charge in [0.1, 0.15) is 6.04 Å². The number of carboxylic acids is 1. The Morgan fingerprint density at radius 3 is 2.53 bits per heavy atom. The number of carbonyl (C=O) groups is 3. The Morgan fingerprint density at radius 2 is 1.95 bits per heavy atom. The first-order chi connectivity index (χ1) is 9.00. The van der Waals surface area contributed by atoms with Gasteiger partial charge in [0.15, 0.2) is 0 Å². The van der Waals surface area contributed by atoms with Crippen LogP contribution < -0.4 is 5.32 Å². The highest BCUT2D eigenvalue weighted by molar-refractivity contribution is 8.00. The van der Waals surface area contributed by atoms with Crippen LogP contribution in [0.1, 0.15) is 6.92 Å². The Morgan fingerprint density at radius 1 is 1.32 bits per heavy atom. The molecule has 1 fully saturated rings. The molecule has 0 aromatic rings. The molecule has 0 unspecified atom stereocenters. The largest absolute Gasteiger partial charge is 0.480 e. The molecule has 1 atom stereocenters. The summed E-state index contributed by atoms with van der Waals surface area (Å²) < 4.78 is 5.14. The van der Waals surface area contributed by atoms with Gasteiger partial charge in [-0.25, -0.2) is 0 Å². The summed E-state index contributed by atoms with van der Waals surface area (Å²) in [4.78, 5) is 35.3. The molecule has 1 aliphatic rings. The van der Waals surface area contributed by atoms with Crippen molar-refractivity contribution in [3.05, 3.63) is 0 Å². The summed E-state index contributed by atoms with van der Waals surface area (Å²) in [6.45, 7) is 3.66. The summed E-state index contributed by atoms with van der Waals surface area (Å²) in [6.07, 6.45) is 0. The number of aliphatic carboxylic acids is 1. The molecule has 0 aromatic heterocycles. The molecule has 0 radical (unpaired) electrons. The van der Waals surface area contributed by atoms with Crippen molar-refractivity contribution in [2.24, 2.45) is 0 Å². The Balaban J connectivity index is 2.17. The first-order valence-corrected chi connectivity index (χ1v) is 7.11. The number of carboxylic acid groups (broad SMARTS) is 1. The Bertz CT molecular complexity index is 344. The zero-order valence-electron chi connectivity index (χ0n) is 10.8. The lowest BCUT2D eigenvalue weighted by Gasteiger charge is -2.26. The molecular formula is C11H18N2O5S. The van der Waals surface area contributed by atoms with E-state index >= 15 is 0 Å². The second-order valence-electron chi connectivity index (χ2n) is 4.11. The molecule has 0 aliphatic carbocycles. The zero-order chi connectivity index (χ0) is 14.3. The number of nitrogens with one attached hydrogen (secondary N) is 1. The minimum atomic E-state index is -1.08. The number of ether oxygens (including phenoxy) is 1. The molecule has 1 saturated heterocycles. The molecule has 0 saturated carbocycles. The molecule has 108 valence electrons. The average molecular weight is 290 g/mol. The summed E-state index contributed by atoms with van der Waals surface area (Å²) in [6, 6.07) is -0.914. The van der Waals surface area contributed by atoms with Gasteiger partial charge in [0.2, 0.25) is 11.8 Å². The van der Waals surface area contributed by atoms with Crippen molar-refractivity contribution < 1.29 is 24.2 Å². The van der Waals surface area contributed by atoms with Crippen molar-refractivity contribution in [2.45, 2.75) is 13.0 Å². The van der Waals surface area contributed by atoms with Crippen LogP contribution in [0, 0.1) is 0 Å². The SMILES string of the molecule is C[C@H](NC(=O)CSCC(=O)N1CCOCC1)C(=O)O. The van der Waals surface area contributed by atoms with Crippen molar-refractivity contribution in [1.82, 2.24) is 10.2 Å². The van der Waals surface area contributed by atoms with Crippen LogP contribution in [0.15, 0.2) is 0 Å². The number of amides is 2. The third-order valence-electron chi connectivity index (χ3n) is 2.57. The maximum Gasteiger partial charge on any atom is 0.325 e. The quantitative estimate of drug-likeness (QED) is 0.663. The number of morpholine rings is 1. The van der Waals surface area contributed by atoms with E-state index < -0.39 is 12.0 Å². The highest BCUT2D eigenvalue weighted by Gasteiger charge is 2.18. The molecule has 7 nitrogen and oxygen atoms in total. The average Bonchev–Trinajstić information content (AvgIpc) is 2.39. The predicted molar refractivity (Wildman–Crippen MR) is 70.0 cm³/mol. The lowest BCUT2D eigenvalue weighted by molar-refractivity contribution is -0.140.